The highest BCUT2D eigenvalue weighted by Crippen LogP contribution is 2.13. The zero-order valence-electron chi connectivity index (χ0n) is 12.6. The highest BCUT2D eigenvalue weighted by Gasteiger charge is 2.10. The van der Waals surface area contributed by atoms with E-state index < -0.39 is 10.8 Å². The number of aliphatic hydroxyl groups is 1. The molecule has 5 nitrogen and oxygen atoms in total. The van der Waals surface area contributed by atoms with Gasteiger partial charge in [0.25, 0.3) is 5.56 Å². The summed E-state index contributed by atoms with van der Waals surface area (Å²) in [4.78, 5) is 17.2. The first kappa shape index (κ1) is 16.0. The Balaban J connectivity index is 1.75. The molecule has 120 valence electrons. The highest BCUT2D eigenvalue weighted by atomic mass is 32.2. The van der Waals surface area contributed by atoms with Gasteiger partial charge in [-0.1, -0.05) is 24.3 Å². The van der Waals surface area contributed by atoms with E-state index in [9.17, 15) is 9.00 Å². The molecule has 0 aliphatic carbocycles. The van der Waals surface area contributed by atoms with Gasteiger partial charge in [0.1, 0.15) is 0 Å². The van der Waals surface area contributed by atoms with Crippen LogP contribution in [0, 0.1) is 6.92 Å². The Morgan fingerprint density at radius 2 is 1.91 bits per heavy atom. The van der Waals surface area contributed by atoms with Crippen molar-refractivity contribution in [2.45, 2.75) is 25.0 Å². The van der Waals surface area contributed by atoms with Gasteiger partial charge in [0.2, 0.25) is 0 Å². The number of benzene rings is 1. The van der Waals surface area contributed by atoms with Crippen LogP contribution in [0.5, 0.6) is 0 Å². The minimum atomic E-state index is -1.14. The van der Waals surface area contributed by atoms with Gasteiger partial charge in [-0.25, -0.2) is 4.98 Å². The molecular formula is C16H16N2O3S2. The predicted molar refractivity (Wildman–Crippen MR) is 92.0 cm³/mol. The Bertz CT molecular complexity index is 913. The molecule has 0 radical (unpaired) electrons. The summed E-state index contributed by atoms with van der Waals surface area (Å²) in [6.07, 6.45) is 0. The van der Waals surface area contributed by atoms with Crippen LogP contribution in [0.1, 0.15) is 22.5 Å². The van der Waals surface area contributed by atoms with Gasteiger partial charge in [-0.3, -0.25) is 13.4 Å². The molecule has 7 heteroatoms. The predicted octanol–water partition coefficient (Wildman–Crippen LogP) is 2.01. The van der Waals surface area contributed by atoms with Crippen molar-refractivity contribution in [1.29, 1.82) is 0 Å². The summed E-state index contributed by atoms with van der Waals surface area (Å²) in [6, 6.07) is 8.81. The second-order valence-corrected chi connectivity index (χ2v) is 7.58. The lowest BCUT2D eigenvalue weighted by Crippen LogP contribution is -2.16. The molecule has 3 aromatic rings. The van der Waals surface area contributed by atoms with Crippen molar-refractivity contribution >= 4 is 27.1 Å². The van der Waals surface area contributed by atoms with E-state index >= 15 is 0 Å². The van der Waals surface area contributed by atoms with Gasteiger partial charge < -0.3 is 5.11 Å². The lowest BCUT2D eigenvalue weighted by molar-refractivity contribution is 0.282. The topological polar surface area (TPSA) is 71.7 Å². The third-order valence-corrected chi connectivity index (χ3v) is 5.69. The Kier molecular flexibility index (Phi) is 4.70. The SMILES string of the molecule is Cc1csc2nc(CS(=O)Cc3ccc(CO)cc3)cc(=O)n12. The maximum Gasteiger partial charge on any atom is 0.258 e. The summed E-state index contributed by atoms with van der Waals surface area (Å²) < 4.78 is 13.9. The molecule has 0 aliphatic rings. The summed E-state index contributed by atoms with van der Waals surface area (Å²) in [5.74, 6) is 0.653. The van der Waals surface area contributed by atoms with Crippen molar-refractivity contribution in [3.05, 3.63) is 68.6 Å². The lowest BCUT2D eigenvalue weighted by Gasteiger charge is -2.04. The van der Waals surface area contributed by atoms with E-state index in [0.29, 0.717) is 16.4 Å². The number of hydrogen-bond acceptors (Lipinski definition) is 5. The number of aliphatic hydroxyl groups excluding tert-OH is 1. The molecule has 1 aromatic carbocycles. The van der Waals surface area contributed by atoms with E-state index in [1.165, 1.54) is 17.4 Å². The summed E-state index contributed by atoms with van der Waals surface area (Å²) >= 11 is 1.41. The van der Waals surface area contributed by atoms with Crippen molar-refractivity contribution in [1.82, 2.24) is 9.38 Å². The second kappa shape index (κ2) is 6.74. The number of fused-ring (bicyclic) bond motifs is 1. The van der Waals surface area contributed by atoms with Gasteiger partial charge in [0.05, 0.1) is 18.1 Å². The molecule has 0 aliphatic heterocycles. The standard InChI is InChI=1S/C16H16N2O3S2/c1-11-8-22-16-17-14(6-15(20)18(11)16)10-23(21)9-13-4-2-12(7-19)3-5-13/h2-6,8,19H,7,9-10H2,1H3. The van der Waals surface area contributed by atoms with Crippen molar-refractivity contribution in [3.8, 4) is 0 Å². The fourth-order valence-corrected chi connectivity index (χ4v) is 4.35. The van der Waals surface area contributed by atoms with Crippen molar-refractivity contribution < 1.29 is 9.32 Å². The monoisotopic (exact) mass is 348 g/mol. The van der Waals surface area contributed by atoms with Crippen LogP contribution < -0.4 is 5.56 Å². The van der Waals surface area contributed by atoms with Crippen LogP contribution >= 0.6 is 11.3 Å². The molecule has 1 unspecified atom stereocenters. The van der Waals surface area contributed by atoms with Crippen LogP contribution in [-0.2, 0) is 28.9 Å². The van der Waals surface area contributed by atoms with Crippen LogP contribution in [0.2, 0.25) is 0 Å². The first-order chi connectivity index (χ1) is 11.1. The van der Waals surface area contributed by atoms with E-state index in [2.05, 4.69) is 4.98 Å². The van der Waals surface area contributed by atoms with E-state index in [1.54, 1.807) is 4.40 Å². The molecule has 1 N–H and O–H groups in total. The molecule has 23 heavy (non-hydrogen) atoms. The summed E-state index contributed by atoms with van der Waals surface area (Å²) in [5.41, 5.74) is 3.05. The minimum absolute atomic E-state index is 0.00250. The molecule has 0 spiro atoms. The number of aryl methyl sites for hydroxylation is 1. The zero-order chi connectivity index (χ0) is 16.4. The summed E-state index contributed by atoms with van der Waals surface area (Å²) in [5, 5.41) is 10.9. The van der Waals surface area contributed by atoms with E-state index in [1.807, 2.05) is 36.6 Å². The smallest absolute Gasteiger partial charge is 0.258 e. The second-order valence-electron chi connectivity index (χ2n) is 5.28. The van der Waals surface area contributed by atoms with Crippen LogP contribution in [0.15, 0.2) is 40.5 Å². The minimum Gasteiger partial charge on any atom is -0.392 e. The Hall–Kier alpha value is -1.83. The molecule has 2 aromatic heterocycles. The van der Waals surface area contributed by atoms with Crippen LogP contribution in [-0.4, -0.2) is 18.7 Å². The molecular weight excluding hydrogens is 332 g/mol. The van der Waals surface area contributed by atoms with Gasteiger partial charge in [-0.05, 0) is 18.1 Å². The van der Waals surface area contributed by atoms with Crippen molar-refractivity contribution in [3.63, 3.8) is 0 Å². The normalized spacial score (nSPS) is 12.6. The Morgan fingerprint density at radius 3 is 2.61 bits per heavy atom. The first-order valence-corrected chi connectivity index (χ1v) is 9.44. The third kappa shape index (κ3) is 3.57. The summed E-state index contributed by atoms with van der Waals surface area (Å²) in [6.45, 7) is 1.86. The molecule has 1 atom stereocenters. The van der Waals surface area contributed by atoms with E-state index in [0.717, 1.165) is 16.8 Å². The van der Waals surface area contributed by atoms with Crippen LogP contribution in [0.25, 0.3) is 4.96 Å². The molecule has 0 bridgehead atoms. The lowest BCUT2D eigenvalue weighted by atomic mass is 10.2. The number of rotatable bonds is 5. The molecule has 0 saturated heterocycles. The molecule has 3 rings (SSSR count). The molecule has 2 heterocycles. The van der Waals surface area contributed by atoms with Crippen molar-refractivity contribution in [2.75, 3.05) is 0 Å². The molecule has 0 amide bonds. The van der Waals surface area contributed by atoms with Gasteiger partial charge in [-0.15, -0.1) is 11.3 Å². The Labute approximate surface area is 139 Å². The highest BCUT2D eigenvalue weighted by molar-refractivity contribution is 7.83. The fraction of sp³-hybridized carbons (Fsp3) is 0.250. The number of nitrogens with zero attached hydrogens (tertiary/aromatic N) is 2. The Morgan fingerprint density at radius 1 is 1.22 bits per heavy atom. The average molecular weight is 348 g/mol. The maximum absolute atomic E-state index is 12.3. The molecule has 0 fully saturated rings. The fourth-order valence-electron chi connectivity index (χ4n) is 2.32. The third-order valence-electron chi connectivity index (χ3n) is 3.47. The van der Waals surface area contributed by atoms with Gasteiger partial charge >= 0.3 is 0 Å². The number of aromatic nitrogens is 2. The average Bonchev–Trinajstić information content (AvgIpc) is 2.89. The maximum atomic E-state index is 12.3. The quantitative estimate of drug-likeness (QED) is 0.766. The molecule has 0 saturated carbocycles. The number of thiazole rings is 1. The largest absolute Gasteiger partial charge is 0.392 e. The van der Waals surface area contributed by atoms with Gasteiger partial charge in [-0.2, -0.15) is 0 Å². The van der Waals surface area contributed by atoms with Gasteiger partial charge in [0, 0.05) is 33.7 Å². The van der Waals surface area contributed by atoms with E-state index in [4.69, 9.17) is 5.11 Å². The first-order valence-electron chi connectivity index (χ1n) is 7.07. The zero-order valence-corrected chi connectivity index (χ0v) is 14.2. The van der Waals surface area contributed by atoms with E-state index in [-0.39, 0.29) is 17.9 Å². The summed E-state index contributed by atoms with van der Waals surface area (Å²) in [7, 11) is -1.14. The van der Waals surface area contributed by atoms with Crippen molar-refractivity contribution in [2.24, 2.45) is 0 Å². The van der Waals surface area contributed by atoms with Crippen LogP contribution in [0.3, 0.4) is 0 Å². The van der Waals surface area contributed by atoms with Gasteiger partial charge in [0.15, 0.2) is 4.96 Å². The number of hydrogen-bond donors (Lipinski definition) is 1. The van der Waals surface area contributed by atoms with Crippen LogP contribution in [0.4, 0.5) is 0 Å².